The van der Waals surface area contributed by atoms with Crippen molar-refractivity contribution in [2.24, 2.45) is 0 Å². The number of amides is 2. The maximum absolute atomic E-state index is 12.9. The van der Waals surface area contributed by atoms with Crippen LogP contribution in [0.25, 0.3) is 11.4 Å². The molecule has 1 aromatic carbocycles. The van der Waals surface area contributed by atoms with Crippen LogP contribution in [0.15, 0.2) is 34.3 Å². The Morgan fingerprint density at radius 1 is 1.27 bits per heavy atom. The van der Waals surface area contributed by atoms with Crippen LogP contribution in [0.3, 0.4) is 0 Å². The number of nitrogens with zero attached hydrogens (tertiary/aromatic N) is 4. The topological polar surface area (TPSA) is 110 Å². The molecule has 0 unspecified atom stereocenters. The molecule has 174 valence electrons. The highest BCUT2D eigenvalue weighted by Gasteiger charge is 2.38. The summed E-state index contributed by atoms with van der Waals surface area (Å²) in [6, 6.07) is 5.37. The molecule has 33 heavy (non-hydrogen) atoms. The van der Waals surface area contributed by atoms with Crippen LogP contribution in [-0.2, 0) is 10.9 Å². The van der Waals surface area contributed by atoms with Crippen molar-refractivity contribution in [3.8, 4) is 11.4 Å². The van der Waals surface area contributed by atoms with E-state index in [2.05, 4.69) is 25.0 Å². The Morgan fingerprint density at radius 3 is 2.67 bits per heavy atom. The maximum Gasteiger partial charge on any atom is 0.471 e. The van der Waals surface area contributed by atoms with Crippen molar-refractivity contribution < 1.29 is 32.0 Å². The minimum Gasteiger partial charge on any atom is -0.377 e. The first-order chi connectivity index (χ1) is 15.7. The Bertz CT molecular complexity index is 1150. The van der Waals surface area contributed by atoms with Gasteiger partial charge in [0, 0.05) is 24.2 Å². The van der Waals surface area contributed by atoms with E-state index in [0.717, 1.165) is 0 Å². The minimum atomic E-state index is -4.73. The number of hydrogen-bond acceptors (Lipinski definition) is 8. The Morgan fingerprint density at radius 2 is 2.03 bits per heavy atom. The summed E-state index contributed by atoms with van der Waals surface area (Å²) in [6.07, 6.45) is -4.73. The fourth-order valence-corrected chi connectivity index (χ4v) is 4.03. The number of hydrogen-bond donors (Lipinski definition) is 1. The number of carbonyl (C=O) groups excluding carboxylic acids is 2. The van der Waals surface area contributed by atoms with Crippen molar-refractivity contribution >= 4 is 23.2 Å². The fourth-order valence-electron chi connectivity index (χ4n) is 3.27. The van der Waals surface area contributed by atoms with Crippen molar-refractivity contribution in [3.05, 3.63) is 51.8 Å². The second-order valence-electron chi connectivity index (χ2n) is 7.20. The van der Waals surface area contributed by atoms with Crippen LogP contribution in [0.5, 0.6) is 0 Å². The first-order valence-electron chi connectivity index (χ1n) is 9.82. The highest BCUT2D eigenvalue weighted by molar-refractivity contribution is 7.11. The van der Waals surface area contributed by atoms with Crippen LogP contribution >= 0.6 is 11.3 Å². The smallest absolute Gasteiger partial charge is 0.377 e. The van der Waals surface area contributed by atoms with E-state index >= 15 is 0 Å². The number of halogens is 3. The zero-order valence-electron chi connectivity index (χ0n) is 17.3. The maximum atomic E-state index is 12.9. The molecule has 13 heteroatoms. The number of nitrogens with one attached hydrogen (secondary N) is 1. The van der Waals surface area contributed by atoms with E-state index in [9.17, 15) is 22.8 Å². The molecule has 1 fully saturated rings. The van der Waals surface area contributed by atoms with E-state index < -0.39 is 18.0 Å². The van der Waals surface area contributed by atoms with Gasteiger partial charge in [-0.15, -0.1) is 11.3 Å². The van der Waals surface area contributed by atoms with Gasteiger partial charge in [0.15, 0.2) is 0 Å². The van der Waals surface area contributed by atoms with Gasteiger partial charge in [-0.3, -0.25) is 9.59 Å². The highest BCUT2D eigenvalue weighted by Crippen LogP contribution is 2.29. The summed E-state index contributed by atoms with van der Waals surface area (Å²) >= 11 is 1.27. The third kappa shape index (κ3) is 5.03. The van der Waals surface area contributed by atoms with Gasteiger partial charge in [0.25, 0.3) is 11.8 Å². The average molecular weight is 481 g/mol. The van der Waals surface area contributed by atoms with Crippen LogP contribution < -0.4 is 5.32 Å². The van der Waals surface area contributed by atoms with Gasteiger partial charge < -0.3 is 19.5 Å². The molecule has 2 amide bonds. The van der Waals surface area contributed by atoms with E-state index in [1.54, 1.807) is 17.3 Å². The molecule has 3 aromatic rings. The fraction of sp³-hybridized carbons (Fsp3) is 0.350. The number of alkyl halides is 3. The molecule has 0 aliphatic carbocycles. The normalized spacial score (nSPS) is 16.6. The van der Waals surface area contributed by atoms with Crippen molar-refractivity contribution in [2.45, 2.75) is 19.1 Å². The van der Waals surface area contributed by atoms with Gasteiger partial charge in [-0.05, 0) is 19.1 Å². The van der Waals surface area contributed by atoms with Crippen LogP contribution in [0, 0.1) is 6.92 Å². The van der Waals surface area contributed by atoms with Crippen molar-refractivity contribution in [1.29, 1.82) is 0 Å². The second kappa shape index (κ2) is 9.27. The first-order valence-corrected chi connectivity index (χ1v) is 10.7. The summed E-state index contributed by atoms with van der Waals surface area (Å²) in [5.41, 5.74) is 2.82. The van der Waals surface area contributed by atoms with Crippen LogP contribution in [0.2, 0.25) is 0 Å². The molecule has 1 saturated heterocycles. The zero-order chi connectivity index (χ0) is 23.6. The minimum absolute atomic E-state index is 0.153. The number of thiazole rings is 1. The van der Waals surface area contributed by atoms with Gasteiger partial charge >= 0.3 is 12.1 Å². The SMILES string of the molecule is Cc1ncsc1C(=O)N1CCOC[C@@H]1CNC(=O)c1ccc(-c2noc(C(F)(F)F)n2)cc1. The lowest BCUT2D eigenvalue weighted by molar-refractivity contribution is -0.159. The van der Waals surface area contributed by atoms with Crippen molar-refractivity contribution in [2.75, 3.05) is 26.3 Å². The van der Waals surface area contributed by atoms with E-state index in [1.165, 1.54) is 35.6 Å². The molecule has 0 bridgehead atoms. The van der Waals surface area contributed by atoms with Gasteiger partial charge in [0.05, 0.1) is 30.5 Å². The summed E-state index contributed by atoms with van der Waals surface area (Å²) in [6.45, 7) is 3.02. The lowest BCUT2D eigenvalue weighted by Gasteiger charge is -2.35. The van der Waals surface area contributed by atoms with Gasteiger partial charge in [0.2, 0.25) is 5.82 Å². The van der Waals surface area contributed by atoms with E-state index in [1.807, 2.05) is 0 Å². The third-order valence-electron chi connectivity index (χ3n) is 5.00. The monoisotopic (exact) mass is 481 g/mol. The molecule has 3 heterocycles. The Labute approximate surface area is 189 Å². The number of carbonyl (C=O) groups is 2. The average Bonchev–Trinajstić information content (AvgIpc) is 3.47. The van der Waals surface area contributed by atoms with Gasteiger partial charge in [-0.2, -0.15) is 18.2 Å². The number of benzene rings is 1. The molecule has 0 spiro atoms. The predicted molar refractivity (Wildman–Crippen MR) is 110 cm³/mol. The summed E-state index contributed by atoms with van der Waals surface area (Å²) in [7, 11) is 0. The standard InChI is InChI=1S/C20H18F3N5O4S/c1-11-15(33-10-25-11)18(30)28-6-7-31-9-14(28)8-24-17(29)13-4-2-12(3-5-13)16-26-19(32-27-16)20(21,22)23/h2-5,10,14H,6-9H2,1H3,(H,24,29)/t14-/m0/s1. The molecule has 9 nitrogen and oxygen atoms in total. The first kappa shape index (κ1) is 22.9. The highest BCUT2D eigenvalue weighted by atomic mass is 32.1. The van der Waals surface area contributed by atoms with Crippen LogP contribution in [0.1, 0.15) is 31.6 Å². The molecular formula is C20H18F3N5O4S. The Balaban J connectivity index is 1.39. The van der Waals surface area contributed by atoms with Crippen molar-refractivity contribution in [3.63, 3.8) is 0 Å². The molecule has 1 aliphatic rings. The molecule has 0 radical (unpaired) electrons. The molecule has 2 aromatic heterocycles. The lowest BCUT2D eigenvalue weighted by Crippen LogP contribution is -2.53. The van der Waals surface area contributed by atoms with Gasteiger partial charge in [-0.1, -0.05) is 17.3 Å². The second-order valence-corrected chi connectivity index (χ2v) is 8.06. The number of rotatable bonds is 5. The Hall–Kier alpha value is -3.32. The summed E-state index contributed by atoms with van der Waals surface area (Å²) < 4.78 is 47.5. The summed E-state index contributed by atoms with van der Waals surface area (Å²) in [5.74, 6) is -2.24. The number of morpholine rings is 1. The largest absolute Gasteiger partial charge is 0.471 e. The van der Waals surface area contributed by atoms with E-state index in [-0.39, 0.29) is 42.1 Å². The third-order valence-corrected chi connectivity index (χ3v) is 5.92. The molecule has 1 N–H and O–H groups in total. The quantitative estimate of drug-likeness (QED) is 0.597. The van der Waals surface area contributed by atoms with E-state index in [0.29, 0.717) is 23.7 Å². The molecule has 1 aliphatic heterocycles. The summed E-state index contributed by atoms with van der Waals surface area (Å²) in [4.78, 5) is 35.1. The summed E-state index contributed by atoms with van der Waals surface area (Å²) in [5, 5.41) is 6.09. The lowest BCUT2D eigenvalue weighted by atomic mass is 10.1. The van der Waals surface area contributed by atoms with Crippen LogP contribution in [0.4, 0.5) is 13.2 Å². The number of aromatic nitrogens is 3. The van der Waals surface area contributed by atoms with Crippen LogP contribution in [-0.4, -0.2) is 64.2 Å². The van der Waals surface area contributed by atoms with Gasteiger partial charge in [0.1, 0.15) is 4.88 Å². The van der Waals surface area contributed by atoms with E-state index in [4.69, 9.17) is 4.74 Å². The van der Waals surface area contributed by atoms with Gasteiger partial charge in [-0.25, -0.2) is 4.98 Å². The molecular weight excluding hydrogens is 463 g/mol. The molecule has 1 atom stereocenters. The molecule has 0 saturated carbocycles. The number of aryl methyl sites for hydroxylation is 1. The van der Waals surface area contributed by atoms with Crippen molar-refractivity contribution in [1.82, 2.24) is 25.3 Å². The Kier molecular flexibility index (Phi) is 6.42. The zero-order valence-corrected chi connectivity index (χ0v) is 18.1. The number of ether oxygens (including phenoxy) is 1. The molecule has 4 rings (SSSR count). The predicted octanol–water partition coefficient (Wildman–Crippen LogP) is 2.79.